The van der Waals surface area contributed by atoms with E-state index in [0.717, 1.165) is 0 Å². The monoisotopic (exact) mass is 240 g/mol. The van der Waals surface area contributed by atoms with Crippen molar-refractivity contribution >= 4 is 0 Å². The average molecular weight is 240 g/mol. The van der Waals surface area contributed by atoms with Crippen LogP contribution in [0.3, 0.4) is 0 Å². The highest BCUT2D eigenvalue weighted by atomic mass is 16.5. The van der Waals surface area contributed by atoms with Crippen molar-refractivity contribution in [2.24, 2.45) is 5.92 Å². The highest BCUT2D eigenvalue weighted by Gasteiger charge is 2.08. The quantitative estimate of drug-likeness (QED) is 0.757. The second-order valence-electron chi connectivity index (χ2n) is 4.30. The number of hydrogen-bond donors (Lipinski definition) is 2. The van der Waals surface area contributed by atoms with Crippen LogP contribution in [0.4, 0.5) is 0 Å². The first-order chi connectivity index (χ1) is 8.13. The molecular weight excluding hydrogens is 220 g/mol. The van der Waals surface area contributed by atoms with E-state index in [1.807, 2.05) is 18.2 Å². The molecule has 0 radical (unpaired) electrons. The second-order valence-corrected chi connectivity index (χ2v) is 4.30. The molecule has 17 heavy (non-hydrogen) atoms. The van der Waals surface area contributed by atoms with Crippen molar-refractivity contribution in [1.82, 2.24) is 0 Å². The lowest BCUT2D eigenvalue weighted by Gasteiger charge is -2.15. The van der Waals surface area contributed by atoms with Gasteiger partial charge in [-0.3, -0.25) is 0 Å². The highest BCUT2D eigenvalue weighted by Crippen LogP contribution is 2.26. The molecule has 4 nitrogen and oxygen atoms in total. The van der Waals surface area contributed by atoms with Gasteiger partial charge in [-0.05, 0) is 18.1 Å². The lowest BCUT2D eigenvalue weighted by atomic mass is 10.2. The second kappa shape index (κ2) is 7.14. The molecule has 0 amide bonds. The van der Waals surface area contributed by atoms with Crippen molar-refractivity contribution in [3.63, 3.8) is 0 Å². The number of rotatable bonds is 7. The van der Waals surface area contributed by atoms with Gasteiger partial charge in [0.05, 0.1) is 13.2 Å². The van der Waals surface area contributed by atoms with E-state index >= 15 is 0 Å². The third-order valence-electron chi connectivity index (χ3n) is 2.06. The Hall–Kier alpha value is -1.26. The molecule has 0 heterocycles. The van der Waals surface area contributed by atoms with E-state index in [2.05, 4.69) is 13.8 Å². The molecule has 0 aromatic heterocycles. The lowest BCUT2D eigenvalue weighted by Crippen LogP contribution is -2.21. The van der Waals surface area contributed by atoms with Gasteiger partial charge in [0.1, 0.15) is 12.7 Å². The average Bonchev–Trinajstić information content (AvgIpc) is 2.34. The lowest BCUT2D eigenvalue weighted by molar-refractivity contribution is 0.0523. The fourth-order valence-corrected chi connectivity index (χ4v) is 1.18. The Kier molecular flexibility index (Phi) is 5.80. The van der Waals surface area contributed by atoms with Crippen LogP contribution in [0.15, 0.2) is 24.3 Å². The maximum Gasteiger partial charge on any atom is 0.161 e. The number of aliphatic hydroxyl groups excluding tert-OH is 2. The van der Waals surface area contributed by atoms with E-state index in [-0.39, 0.29) is 13.2 Å². The third-order valence-corrected chi connectivity index (χ3v) is 2.06. The van der Waals surface area contributed by atoms with E-state index in [9.17, 15) is 5.11 Å². The molecule has 1 atom stereocenters. The molecule has 0 fully saturated rings. The molecule has 4 heteroatoms. The summed E-state index contributed by atoms with van der Waals surface area (Å²) in [7, 11) is 0. The maximum atomic E-state index is 9.21. The molecule has 0 aliphatic rings. The number of benzene rings is 1. The Morgan fingerprint density at radius 3 is 2.06 bits per heavy atom. The van der Waals surface area contributed by atoms with Gasteiger partial charge in [-0.2, -0.15) is 0 Å². The van der Waals surface area contributed by atoms with Crippen LogP contribution in [0, 0.1) is 5.92 Å². The van der Waals surface area contributed by atoms with E-state index in [4.69, 9.17) is 14.6 Å². The third kappa shape index (κ3) is 5.06. The van der Waals surface area contributed by atoms with Crippen LogP contribution in [-0.2, 0) is 0 Å². The number of para-hydroxylation sites is 2. The van der Waals surface area contributed by atoms with Crippen LogP contribution in [0.5, 0.6) is 11.5 Å². The molecule has 0 bridgehead atoms. The van der Waals surface area contributed by atoms with Crippen molar-refractivity contribution < 1.29 is 19.7 Å². The summed E-state index contributed by atoms with van der Waals surface area (Å²) >= 11 is 0. The van der Waals surface area contributed by atoms with Crippen LogP contribution >= 0.6 is 0 Å². The first-order valence-electron chi connectivity index (χ1n) is 5.77. The summed E-state index contributed by atoms with van der Waals surface area (Å²) in [5.41, 5.74) is 0. The minimum absolute atomic E-state index is 0.0541. The Morgan fingerprint density at radius 1 is 1.06 bits per heavy atom. The Morgan fingerprint density at radius 2 is 1.59 bits per heavy atom. The van der Waals surface area contributed by atoms with Crippen LogP contribution < -0.4 is 9.47 Å². The summed E-state index contributed by atoms with van der Waals surface area (Å²) < 4.78 is 11.0. The maximum absolute atomic E-state index is 9.21. The molecule has 0 saturated heterocycles. The molecule has 0 spiro atoms. The van der Waals surface area contributed by atoms with Gasteiger partial charge >= 0.3 is 0 Å². The molecular formula is C13H20O4. The van der Waals surface area contributed by atoms with Gasteiger partial charge in [-0.25, -0.2) is 0 Å². The topological polar surface area (TPSA) is 58.9 Å². The fraction of sp³-hybridized carbons (Fsp3) is 0.538. The zero-order chi connectivity index (χ0) is 12.7. The van der Waals surface area contributed by atoms with Crippen molar-refractivity contribution in [2.75, 3.05) is 19.8 Å². The minimum atomic E-state index is -0.867. The van der Waals surface area contributed by atoms with Crippen molar-refractivity contribution in [1.29, 1.82) is 0 Å². The predicted octanol–water partition coefficient (Wildman–Crippen LogP) is 1.45. The van der Waals surface area contributed by atoms with Gasteiger partial charge in [0.2, 0.25) is 0 Å². The standard InChI is InChI=1S/C13H20O4/c1-10(2)8-16-12-5-3-4-6-13(12)17-9-11(15)7-14/h3-6,10-11,14-15H,7-9H2,1-2H3/t11-/m0/s1. The molecule has 1 aromatic carbocycles. The fourth-order valence-electron chi connectivity index (χ4n) is 1.18. The first-order valence-corrected chi connectivity index (χ1v) is 5.77. The molecule has 0 unspecified atom stereocenters. The van der Waals surface area contributed by atoms with Crippen molar-refractivity contribution in [3.05, 3.63) is 24.3 Å². The first kappa shape index (κ1) is 13.8. The van der Waals surface area contributed by atoms with Crippen LogP contribution in [0.2, 0.25) is 0 Å². The predicted molar refractivity (Wildman–Crippen MR) is 65.4 cm³/mol. The summed E-state index contributed by atoms with van der Waals surface area (Å²) in [4.78, 5) is 0. The molecule has 0 aliphatic carbocycles. The van der Waals surface area contributed by atoms with Crippen molar-refractivity contribution in [3.8, 4) is 11.5 Å². The van der Waals surface area contributed by atoms with Crippen molar-refractivity contribution in [2.45, 2.75) is 20.0 Å². The highest BCUT2D eigenvalue weighted by molar-refractivity contribution is 5.39. The van der Waals surface area contributed by atoms with E-state index in [1.54, 1.807) is 6.07 Å². The summed E-state index contributed by atoms with van der Waals surface area (Å²) in [5, 5.41) is 17.9. The van der Waals surface area contributed by atoms with Gasteiger partial charge in [0.25, 0.3) is 0 Å². The van der Waals surface area contributed by atoms with Gasteiger partial charge in [-0.1, -0.05) is 26.0 Å². The normalized spacial score (nSPS) is 12.5. The number of hydrogen-bond acceptors (Lipinski definition) is 4. The number of ether oxygens (including phenoxy) is 2. The Bertz CT molecular complexity index is 325. The minimum Gasteiger partial charge on any atom is -0.489 e. The molecule has 96 valence electrons. The molecule has 2 N–H and O–H groups in total. The molecule has 0 aliphatic heterocycles. The van der Waals surface area contributed by atoms with Gasteiger partial charge < -0.3 is 19.7 Å². The SMILES string of the molecule is CC(C)COc1ccccc1OC[C@@H](O)CO. The van der Waals surface area contributed by atoms with Gasteiger partial charge in [-0.15, -0.1) is 0 Å². The smallest absolute Gasteiger partial charge is 0.161 e. The Labute approximate surface area is 102 Å². The molecule has 1 aromatic rings. The Balaban J connectivity index is 2.57. The van der Waals surface area contributed by atoms with E-state index < -0.39 is 6.10 Å². The summed E-state index contributed by atoms with van der Waals surface area (Å²) in [6, 6.07) is 7.30. The summed E-state index contributed by atoms with van der Waals surface area (Å²) in [5.74, 6) is 1.68. The number of aliphatic hydroxyl groups is 2. The van der Waals surface area contributed by atoms with Crippen LogP contribution in [0.1, 0.15) is 13.8 Å². The summed E-state index contributed by atoms with van der Waals surface area (Å²) in [6.07, 6.45) is -0.867. The van der Waals surface area contributed by atoms with Crippen LogP contribution in [0.25, 0.3) is 0 Å². The van der Waals surface area contributed by atoms with Gasteiger partial charge in [0, 0.05) is 0 Å². The summed E-state index contributed by atoms with van der Waals surface area (Å²) in [6.45, 7) is 4.49. The zero-order valence-electron chi connectivity index (χ0n) is 10.3. The van der Waals surface area contributed by atoms with Gasteiger partial charge in [0.15, 0.2) is 11.5 Å². The largest absolute Gasteiger partial charge is 0.489 e. The molecule has 0 saturated carbocycles. The molecule has 1 rings (SSSR count). The van der Waals surface area contributed by atoms with E-state index in [0.29, 0.717) is 24.0 Å². The zero-order valence-corrected chi connectivity index (χ0v) is 10.3. The van der Waals surface area contributed by atoms with E-state index in [1.165, 1.54) is 0 Å². The van der Waals surface area contributed by atoms with Crippen LogP contribution in [-0.4, -0.2) is 36.1 Å².